The SMILES string of the molecule is CCC[C@H](N)c1cnc(OC)cc1-c1cc2ccccc2o1. The molecule has 0 bridgehead atoms. The van der Waals surface area contributed by atoms with Crippen molar-refractivity contribution in [2.24, 2.45) is 5.73 Å². The summed E-state index contributed by atoms with van der Waals surface area (Å²) in [5, 5.41) is 1.07. The summed E-state index contributed by atoms with van der Waals surface area (Å²) < 4.78 is 11.2. The summed E-state index contributed by atoms with van der Waals surface area (Å²) in [5.41, 5.74) is 9.11. The lowest BCUT2D eigenvalue weighted by molar-refractivity contribution is 0.397. The standard InChI is InChI=1S/C18H20N2O2/c1-3-6-15(19)14-11-20-18(21-2)10-13(14)17-9-12-7-4-5-8-16(12)22-17/h4-5,7-11,15H,3,6,19H2,1-2H3/t15-/m0/s1. The molecule has 0 fully saturated rings. The zero-order valence-electron chi connectivity index (χ0n) is 12.9. The molecule has 2 heterocycles. The fourth-order valence-electron chi connectivity index (χ4n) is 2.65. The molecule has 0 spiro atoms. The van der Waals surface area contributed by atoms with Crippen molar-refractivity contribution >= 4 is 11.0 Å². The second-order valence-electron chi connectivity index (χ2n) is 5.36. The minimum Gasteiger partial charge on any atom is -0.481 e. The van der Waals surface area contributed by atoms with Crippen molar-refractivity contribution in [3.63, 3.8) is 0 Å². The first-order chi connectivity index (χ1) is 10.7. The maximum Gasteiger partial charge on any atom is 0.213 e. The van der Waals surface area contributed by atoms with Crippen molar-refractivity contribution in [3.05, 3.63) is 48.2 Å². The fourth-order valence-corrected chi connectivity index (χ4v) is 2.65. The quantitative estimate of drug-likeness (QED) is 0.762. The maximum absolute atomic E-state index is 6.31. The summed E-state index contributed by atoms with van der Waals surface area (Å²) in [4.78, 5) is 4.30. The van der Waals surface area contributed by atoms with Gasteiger partial charge in [-0.2, -0.15) is 0 Å². The Kier molecular flexibility index (Phi) is 4.11. The summed E-state index contributed by atoms with van der Waals surface area (Å²) in [6.45, 7) is 2.12. The van der Waals surface area contributed by atoms with Crippen LogP contribution in [0.2, 0.25) is 0 Å². The van der Waals surface area contributed by atoms with Gasteiger partial charge < -0.3 is 14.9 Å². The molecule has 0 unspecified atom stereocenters. The van der Waals surface area contributed by atoms with Crippen molar-refractivity contribution in [1.29, 1.82) is 0 Å². The Bertz CT molecular complexity index is 747. The fraction of sp³-hybridized carbons (Fsp3) is 0.278. The Morgan fingerprint density at radius 2 is 2.09 bits per heavy atom. The molecule has 2 N–H and O–H groups in total. The van der Waals surface area contributed by atoms with Crippen LogP contribution in [-0.4, -0.2) is 12.1 Å². The van der Waals surface area contributed by atoms with Gasteiger partial charge in [-0.05, 0) is 24.1 Å². The molecular weight excluding hydrogens is 276 g/mol. The molecule has 3 rings (SSSR count). The van der Waals surface area contributed by atoms with Crippen molar-refractivity contribution in [2.75, 3.05) is 7.11 Å². The molecule has 3 aromatic rings. The Balaban J connectivity index is 2.13. The van der Waals surface area contributed by atoms with Gasteiger partial charge in [-0.25, -0.2) is 4.98 Å². The zero-order valence-corrected chi connectivity index (χ0v) is 12.9. The smallest absolute Gasteiger partial charge is 0.213 e. The van der Waals surface area contributed by atoms with Gasteiger partial charge in [-0.1, -0.05) is 31.5 Å². The predicted molar refractivity (Wildman–Crippen MR) is 87.8 cm³/mol. The van der Waals surface area contributed by atoms with Crippen LogP contribution in [0.15, 0.2) is 47.0 Å². The number of para-hydroxylation sites is 1. The highest BCUT2D eigenvalue weighted by molar-refractivity contribution is 5.83. The van der Waals surface area contributed by atoms with E-state index in [1.54, 1.807) is 13.3 Å². The number of ether oxygens (including phenoxy) is 1. The normalized spacial score (nSPS) is 12.5. The number of methoxy groups -OCH3 is 1. The molecule has 4 nitrogen and oxygen atoms in total. The van der Waals surface area contributed by atoms with Crippen molar-refractivity contribution in [2.45, 2.75) is 25.8 Å². The second-order valence-corrected chi connectivity index (χ2v) is 5.36. The predicted octanol–water partition coefficient (Wildman–Crippen LogP) is 4.30. The van der Waals surface area contributed by atoms with Gasteiger partial charge in [0.05, 0.1) is 7.11 Å². The molecule has 22 heavy (non-hydrogen) atoms. The maximum atomic E-state index is 6.31. The lowest BCUT2D eigenvalue weighted by atomic mass is 9.98. The van der Waals surface area contributed by atoms with E-state index < -0.39 is 0 Å². The number of hydrogen-bond acceptors (Lipinski definition) is 4. The highest BCUT2D eigenvalue weighted by Gasteiger charge is 2.17. The van der Waals surface area contributed by atoms with Crippen LogP contribution >= 0.6 is 0 Å². The summed E-state index contributed by atoms with van der Waals surface area (Å²) in [6, 6.07) is 11.8. The van der Waals surface area contributed by atoms with Gasteiger partial charge in [-0.15, -0.1) is 0 Å². The molecule has 0 saturated carbocycles. The Labute approximate surface area is 129 Å². The van der Waals surface area contributed by atoms with E-state index in [1.165, 1.54) is 0 Å². The van der Waals surface area contributed by atoms with E-state index in [1.807, 2.05) is 36.4 Å². The highest BCUT2D eigenvalue weighted by atomic mass is 16.5. The lowest BCUT2D eigenvalue weighted by Gasteiger charge is -2.15. The van der Waals surface area contributed by atoms with Gasteiger partial charge in [0.2, 0.25) is 5.88 Å². The molecule has 0 saturated heterocycles. The second kappa shape index (κ2) is 6.20. The number of rotatable bonds is 5. The van der Waals surface area contributed by atoms with E-state index in [4.69, 9.17) is 14.9 Å². The first-order valence-corrected chi connectivity index (χ1v) is 7.51. The Hall–Kier alpha value is -2.33. The molecule has 114 valence electrons. The first-order valence-electron chi connectivity index (χ1n) is 7.51. The van der Waals surface area contributed by atoms with E-state index in [9.17, 15) is 0 Å². The van der Waals surface area contributed by atoms with E-state index >= 15 is 0 Å². The van der Waals surface area contributed by atoms with Crippen LogP contribution in [0.3, 0.4) is 0 Å². The number of hydrogen-bond donors (Lipinski definition) is 1. The summed E-state index contributed by atoms with van der Waals surface area (Å²) >= 11 is 0. The number of furan rings is 1. The van der Waals surface area contributed by atoms with Gasteiger partial charge in [0, 0.05) is 29.3 Å². The first kappa shape index (κ1) is 14.6. The van der Waals surface area contributed by atoms with E-state index in [2.05, 4.69) is 11.9 Å². The monoisotopic (exact) mass is 296 g/mol. The van der Waals surface area contributed by atoms with E-state index in [-0.39, 0.29) is 6.04 Å². The average molecular weight is 296 g/mol. The van der Waals surface area contributed by atoms with Crippen LogP contribution in [0, 0.1) is 0 Å². The largest absolute Gasteiger partial charge is 0.481 e. The van der Waals surface area contributed by atoms with Crippen LogP contribution in [0.1, 0.15) is 31.4 Å². The summed E-state index contributed by atoms with van der Waals surface area (Å²) in [7, 11) is 1.61. The third-order valence-corrected chi connectivity index (χ3v) is 3.81. The molecule has 0 aliphatic carbocycles. The third kappa shape index (κ3) is 2.70. The van der Waals surface area contributed by atoms with Gasteiger partial charge in [0.25, 0.3) is 0 Å². The minimum atomic E-state index is -0.0633. The van der Waals surface area contributed by atoms with Crippen molar-refractivity contribution in [1.82, 2.24) is 4.98 Å². The van der Waals surface area contributed by atoms with Gasteiger partial charge in [0.1, 0.15) is 11.3 Å². The van der Waals surface area contributed by atoms with Crippen LogP contribution in [0.4, 0.5) is 0 Å². The molecule has 0 radical (unpaired) electrons. The van der Waals surface area contributed by atoms with Gasteiger partial charge in [0.15, 0.2) is 0 Å². The van der Waals surface area contributed by atoms with E-state index in [0.29, 0.717) is 5.88 Å². The average Bonchev–Trinajstić information content (AvgIpc) is 2.98. The van der Waals surface area contributed by atoms with Crippen LogP contribution < -0.4 is 10.5 Å². The minimum absolute atomic E-state index is 0.0633. The molecule has 1 aromatic carbocycles. The third-order valence-electron chi connectivity index (χ3n) is 3.81. The summed E-state index contributed by atoms with van der Waals surface area (Å²) in [5.74, 6) is 1.35. The highest BCUT2D eigenvalue weighted by Crippen LogP contribution is 2.34. The molecule has 4 heteroatoms. The number of nitrogens with zero attached hydrogens (tertiary/aromatic N) is 1. The number of aromatic nitrogens is 1. The van der Waals surface area contributed by atoms with Crippen LogP contribution in [-0.2, 0) is 0 Å². The molecule has 0 aliphatic heterocycles. The number of benzene rings is 1. The molecule has 1 atom stereocenters. The van der Waals surface area contributed by atoms with Gasteiger partial charge in [-0.3, -0.25) is 0 Å². The number of pyridine rings is 1. The molecular formula is C18H20N2O2. The van der Waals surface area contributed by atoms with E-state index in [0.717, 1.165) is 40.7 Å². The molecule has 0 aliphatic rings. The molecule has 0 amide bonds. The zero-order chi connectivity index (χ0) is 15.5. The van der Waals surface area contributed by atoms with Crippen LogP contribution in [0.25, 0.3) is 22.3 Å². The summed E-state index contributed by atoms with van der Waals surface area (Å²) in [6.07, 6.45) is 3.72. The van der Waals surface area contributed by atoms with Gasteiger partial charge >= 0.3 is 0 Å². The Morgan fingerprint density at radius 1 is 1.27 bits per heavy atom. The Morgan fingerprint density at radius 3 is 2.82 bits per heavy atom. The topological polar surface area (TPSA) is 61.3 Å². The molecule has 2 aromatic heterocycles. The number of nitrogens with two attached hydrogens (primary N) is 1. The lowest BCUT2D eigenvalue weighted by Crippen LogP contribution is -2.11. The van der Waals surface area contributed by atoms with Crippen molar-refractivity contribution < 1.29 is 9.15 Å². The van der Waals surface area contributed by atoms with Crippen LogP contribution in [0.5, 0.6) is 5.88 Å². The number of fused-ring (bicyclic) bond motifs is 1. The van der Waals surface area contributed by atoms with Crippen molar-refractivity contribution in [3.8, 4) is 17.2 Å².